The third-order valence-corrected chi connectivity index (χ3v) is 2.43. The van der Waals surface area contributed by atoms with Gasteiger partial charge < -0.3 is 9.73 Å². The molecule has 0 aliphatic rings. The number of nitrogens with one attached hydrogen (secondary N) is 1. The van der Waals surface area contributed by atoms with E-state index in [0.717, 1.165) is 41.9 Å². The molecule has 0 fully saturated rings. The van der Waals surface area contributed by atoms with Crippen molar-refractivity contribution in [3.05, 3.63) is 21.7 Å². The molecule has 0 radical (unpaired) electrons. The summed E-state index contributed by atoms with van der Waals surface area (Å²) in [6.45, 7) is 1.80. The van der Waals surface area contributed by atoms with Gasteiger partial charge in [-0.05, 0) is 54.1 Å². The Morgan fingerprint density at radius 2 is 2.29 bits per heavy atom. The van der Waals surface area contributed by atoms with Crippen molar-refractivity contribution < 1.29 is 4.42 Å². The largest absolute Gasteiger partial charge is 0.454 e. The molecule has 0 spiro atoms. The highest BCUT2D eigenvalue weighted by Gasteiger charge is 1.97. The van der Waals surface area contributed by atoms with Gasteiger partial charge in [-0.2, -0.15) is 0 Å². The van der Waals surface area contributed by atoms with Crippen LogP contribution in [-0.2, 0) is 6.54 Å². The Balaban J connectivity index is 2.02. The number of hydrogen-bond donors (Lipinski definition) is 1. The van der Waals surface area contributed by atoms with Gasteiger partial charge in [0, 0.05) is 6.42 Å². The van der Waals surface area contributed by atoms with E-state index < -0.39 is 0 Å². The first-order chi connectivity index (χ1) is 6.83. The molecular weight excluding hydrogens is 289 g/mol. The quantitative estimate of drug-likeness (QED) is 0.497. The van der Waals surface area contributed by atoms with Gasteiger partial charge >= 0.3 is 0 Å². The van der Waals surface area contributed by atoms with Crippen molar-refractivity contribution in [3.8, 4) is 12.3 Å². The Morgan fingerprint density at radius 3 is 2.93 bits per heavy atom. The highest BCUT2D eigenvalue weighted by Crippen LogP contribution is 2.09. The van der Waals surface area contributed by atoms with E-state index in [-0.39, 0.29) is 0 Å². The van der Waals surface area contributed by atoms with Crippen molar-refractivity contribution in [3.63, 3.8) is 0 Å². The molecule has 1 aromatic heterocycles. The van der Waals surface area contributed by atoms with Crippen LogP contribution in [-0.4, -0.2) is 6.54 Å². The molecule has 0 saturated heterocycles. The molecule has 0 aliphatic heterocycles. The normalized spacial score (nSPS) is 10.0. The van der Waals surface area contributed by atoms with Crippen LogP contribution in [0.25, 0.3) is 0 Å². The van der Waals surface area contributed by atoms with Gasteiger partial charge in [0.15, 0.2) is 3.77 Å². The van der Waals surface area contributed by atoms with Crippen LogP contribution in [0.2, 0.25) is 0 Å². The van der Waals surface area contributed by atoms with Crippen molar-refractivity contribution in [2.24, 2.45) is 0 Å². The van der Waals surface area contributed by atoms with Crippen molar-refractivity contribution >= 4 is 22.6 Å². The van der Waals surface area contributed by atoms with Crippen LogP contribution in [0.1, 0.15) is 25.0 Å². The van der Waals surface area contributed by atoms with Gasteiger partial charge in [0.05, 0.1) is 6.54 Å². The van der Waals surface area contributed by atoms with Gasteiger partial charge in [-0.3, -0.25) is 0 Å². The third-order valence-electron chi connectivity index (χ3n) is 1.85. The third kappa shape index (κ3) is 4.68. The van der Waals surface area contributed by atoms with Crippen molar-refractivity contribution in [1.82, 2.24) is 5.32 Å². The van der Waals surface area contributed by atoms with E-state index in [1.165, 1.54) is 0 Å². The molecule has 14 heavy (non-hydrogen) atoms. The Hall–Kier alpha value is -0.470. The summed E-state index contributed by atoms with van der Waals surface area (Å²) >= 11 is 2.16. The zero-order valence-electron chi connectivity index (χ0n) is 8.05. The monoisotopic (exact) mass is 303 g/mol. The Kier molecular flexibility index (Phi) is 5.72. The molecular formula is C11H14INO. The second-order valence-corrected chi connectivity index (χ2v) is 4.11. The zero-order valence-corrected chi connectivity index (χ0v) is 10.2. The van der Waals surface area contributed by atoms with Crippen molar-refractivity contribution in [1.29, 1.82) is 0 Å². The average Bonchev–Trinajstić information content (AvgIpc) is 2.58. The summed E-state index contributed by atoms with van der Waals surface area (Å²) in [4.78, 5) is 0. The summed E-state index contributed by atoms with van der Waals surface area (Å²) in [7, 11) is 0. The summed E-state index contributed by atoms with van der Waals surface area (Å²) in [6, 6.07) is 3.96. The zero-order chi connectivity index (χ0) is 10.2. The Morgan fingerprint density at radius 1 is 1.43 bits per heavy atom. The van der Waals surface area contributed by atoms with E-state index in [4.69, 9.17) is 10.8 Å². The van der Waals surface area contributed by atoms with Gasteiger partial charge in [0.1, 0.15) is 5.76 Å². The Bertz CT molecular complexity index is 300. The number of terminal acetylenes is 1. The number of furan rings is 1. The lowest BCUT2D eigenvalue weighted by molar-refractivity contribution is 0.461. The van der Waals surface area contributed by atoms with Crippen LogP contribution in [0.3, 0.4) is 0 Å². The van der Waals surface area contributed by atoms with Crippen LogP contribution in [0, 0.1) is 16.1 Å². The summed E-state index contributed by atoms with van der Waals surface area (Å²) in [5, 5.41) is 3.31. The number of rotatable bonds is 6. The first kappa shape index (κ1) is 11.6. The van der Waals surface area contributed by atoms with E-state index in [1.807, 2.05) is 12.1 Å². The molecule has 3 heteroatoms. The van der Waals surface area contributed by atoms with Gasteiger partial charge in [-0.1, -0.05) is 0 Å². The van der Waals surface area contributed by atoms with Crippen LogP contribution < -0.4 is 5.32 Å². The van der Waals surface area contributed by atoms with Gasteiger partial charge in [0.2, 0.25) is 0 Å². The minimum atomic E-state index is 0.805. The molecule has 1 rings (SSSR count). The van der Waals surface area contributed by atoms with Crippen LogP contribution >= 0.6 is 22.6 Å². The minimum absolute atomic E-state index is 0.805. The molecule has 0 unspecified atom stereocenters. The molecule has 0 bridgehead atoms. The SMILES string of the molecule is C#CCCCCNCc1ccc(I)o1. The molecule has 0 aliphatic carbocycles. The van der Waals surface area contributed by atoms with E-state index in [2.05, 4.69) is 33.8 Å². The second kappa shape index (κ2) is 6.91. The predicted octanol–water partition coefficient (Wildman–Crippen LogP) is 2.78. The molecule has 1 aromatic rings. The number of unbranched alkanes of at least 4 members (excludes halogenated alkanes) is 2. The van der Waals surface area contributed by atoms with Crippen LogP contribution in [0.5, 0.6) is 0 Å². The summed E-state index contributed by atoms with van der Waals surface area (Å²) in [5.41, 5.74) is 0. The van der Waals surface area contributed by atoms with Crippen molar-refractivity contribution in [2.75, 3.05) is 6.54 Å². The Labute approximate surface area is 98.6 Å². The molecule has 1 heterocycles. The van der Waals surface area contributed by atoms with Crippen LogP contribution in [0.15, 0.2) is 16.5 Å². The second-order valence-electron chi connectivity index (χ2n) is 3.04. The lowest BCUT2D eigenvalue weighted by atomic mass is 10.2. The van der Waals surface area contributed by atoms with E-state index in [1.54, 1.807) is 0 Å². The van der Waals surface area contributed by atoms with E-state index in [9.17, 15) is 0 Å². The number of halogens is 1. The van der Waals surface area contributed by atoms with Gasteiger partial charge in [-0.25, -0.2) is 0 Å². The lowest BCUT2D eigenvalue weighted by Crippen LogP contribution is -2.13. The summed E-state index contributed by atoms with van der Waals surface area (Å²) in [6.07, 6.45) is 8.25. The van der Waals surface area contributed by atoms with E-state index >= 15 is 0 Å². The molecule has 0 aromatic carbocycles. The van der Waals surface area contributed by atoms with Crippen LogP contribution in [0.4, 0.5) is 0 Å². The maximum Gasteiger partial charge on any atom is 0.164 e. The fourth-order valence-electron chi connectivity index (χ4n) is 1.14. The molecule has 76 valence electrons. The highest BCUT2D eigenvalue weighted by atomic mass is 127. The predicted molar refractivity (Wildman–Crippen MR) is 65.8 cm³/mol. The molecule has 0 atom stereocenters. The van der Waals surface area contributed by atoms with Gasteiger partial charge in [-0.15, -0.1) is 12.3 Å². The molecule has 0 amide bonds. The van der Waals surface area contributed by atoms with Gasteiger partial charge in [0.25, 0.3) is 0 Å². The minimum Gasteiger partial charge on any atom is -0.454 e. The molecule has 0 saturated carbocycles. The average molecular weight is 303 g/mol. The standard InChI is InChI=1S/C11H14INO/c1-2-3-4-5-8-13-9-10-6-7-11(12)14-10/h1,6-7,13H,3-5,8-9H2. The number of hydrogen-bond acceptors (Lipinski definition) is 2. The summed E-state index contributed by atoms with van der Waals surface area (Å²) in [5.74, 6) is 3.62. The molecule has 2 nitrogen and oxygen atoms in total. The molecule has 1 N–H and O–H groups in total. The maximum atomic E-state index is 5.40. The first-order valence-corrected chi connectivity index (χ1v) is 5.79. The van der Waals surface area contributed by atoms with Crippen molar-refractivity contribution in [2.45, 2.75) is 25.8 Å². The first-order valence-electron chi connectivity index (χ1n) is 4.71. The lowest BCUT2D eigenvalue weighted by Gasteiger charge is -2.00. The fourth-order valence-corrected chi connectivity index (χ4v) is 1.60. The fraction of sp³-hybridized carbons (Fsp3) is 0.455. The topological polar surface area (TPSA) is 25.2 Å². The van der Waals surface area contributed by atoms with E-state index in [0.29, 0.717) is 0 Å². The summed E-state index contributed by atoms with van der Waals surface area (Å²) < 4.78 is 6.34. The maximum absolute atomic E-state index is 5.40. The highest BCUT2D eigenvalue weighted by molar-refractivity contribution is 14.1. The smallest absolute Gasteiger partial charge is 0.164 e.